The number of aryl methyl sites for hydroxylation is 3. The highest BCUT2D eigenvalue weighted by molar-refractivity contribution is 5.99. The number of rotatable bonds is 10. The van der Waals surface area contributed by atoms with Crippen molar-refractivity contribution in [2.24, 2.45) is 13.0 Å². The molecule has 1 fully saturated rings. The summed E-state index contributed by atoms with van der Waals surface area (Å²) in [6.07, 6.45) is 8.52. The average molecular weight is 492 g/mol. The Hall–Kier alpha value is -3.46. The van der Waals surface area contributed by atoms with Crippen molar-refractivity contribution in [3.63, 3.8) is 0 Å². The van der Waals surface area contributed by atoms with Crippen molar-refractivity contribution in [1.29, 1.82) is 0 Å². The number of hydrogen-bond acceptors (Lipinski definition) is 6. The van der Waals surface area contributed by atoms with Gasteiger partial charge in [0.05, 0.1) is 11.6 Å². The molecule has 9 nitrogen and oxygen atoms in total. The molecular weight excluding hydrogens is 458 g/mol. The fourth-order valence-electron chi connectivity index (χ4n) is 5.04. The molecule has 1 atom stereocenters. The number of ether oxygens (including phenoxy) is 1. The zero-order chi connectivity index (χ0) is 25.1. The molecule has 0 radical (unpaired) electrons. The Morgan fingerprint density at radius 1 is 1.28 bits per heavy atom. The van der Waals surface area contributed by atoms with Crippen molar-refractivity contribution in [2.45, 2.75) is 57.1 Å². The smallest absolute Gasteiger partial charge is 0.326 e. The van der Waals surface area contributed by atoms with Gasteiger partial charge in [0, 0.05) is 49.5 Å². The molecule has 3 N–H and O–H groups in total. The summed E-state index contributed by atoms with van der Waals surface area (Å²) in [7, 11) is 1.81. The molecule has 190 valence electrons. The Bertz CT molecular complexity index is 1250. The number of carbonyl (C=O) groups is 2. The van der Waals surface area contributed by atoms with Crippen LogP contribution in [0.5, 0.6) is 0 Å². The van der Waals surface area contributed by atoms with Gasteiger partial charge in [0.2, 0.25) is 0 Å². The van der Waals surface area contributed by atoms with Gasteiger partial charge in [-0.1, -0.05) is 12.1 Å². The van der Waals surface area contributed by atoms with Gasteiger partial charge in [0.1, 0.15) is 11.9 Å². The SMILES string of the molecule is Cn1cc2ccc(C(=O)NC(CCO[C@H]3C[C@H](CCc4ccc5c(n4)NCCC5)C3)C(=O)O)cc2n1. The Labute approximate surface area is 210 Å². The van der Waals surface area contributed by atoms with E-state index < -0.39 is 17.9 Å². The number of nitrogens with one attached hydrogen (secondary N) is 2. The molecule has 2 aliphatic rings. The van der Waals surface area contributed by atoms with Crippen molar-refractivity contribution < 1.29 is 19.4 Å². The minimum atomic E-state index is -1.07. The number of carboxylic acids is 1. The maximum absolute atomic E-state index is 12.6. The summed E-state index contributed by atoms with van der Waals surface area (Å²) in [6.45, 7) is 1.30. The first-order valence-corrected chi connectivity index (χ1v) is 12.8. The molecule has 1 aromatic carbocycles. The number of carbonyl (C=O) groups excluding carboxylic acids is 1. The Morgan fingerprint density at radius 2 is 2.14 bits per heavy atom. The molecule has 1 aliphatic carbocycles. The highest BCUT2D eigenvalue weighted by Crippen LogP contribution is 2.34. The standard InChI is InChI=1S/C27H33N5O4/c1-32-16-20-6-5-19(15-24(20)31-32)26(33)30-23(27(34)35)10-12-36-22-13-17(14-22)4-8-21-9-7-18-3-2-11-28-25(18)29-21/h5-7,9,15-17,22-23H,2-4,8,10-14H2,1H3,(H,28,29)(H,30,33)(H,34,35)/t17-,22-,23?. The van der Waals surface area contributed by atoms with E-state index in [2.05, 4.69) is 27.9 Å². The molecule has 3 aromatic rings. The van der Waals surface area contributed by atoms with Gasteiger partial charge in [-0.3, -0.25) is 9.48 Å². The van der Waals surface area contributed by atoms with Crippen molar-refractivity contribution >= 4 is 28.6 Å². The number of pyridine rings is 1. The van der Waals surface area contributed by atoms with Crippen LogP contribution in [0.25, 0.3) is 10.9 Å². The molecule has 9 heteroatoms. The summed E-state index contributed by atoms with van der Waals surface area (Å²) < 4.78 is 7.59. The second-order valence-corrected chi connectivity index (χ2v) is 9.94. The minimum Gasteiger partial charge on any atom is -0.480 e. The Balaban J connectivity index is 1.03. The van der Waals surface area contributed by atoms with Gasteiger partial charge in [-0.15, -0.1) is 0 Å². The molecule has 1 saturated carbocycles. The predicted molar refractivity (Wildman–Crippen MR) is 136 cm³/mol. The second kappa shape index (κ2) is 10.7. The first-order valence-electron chi connectivity index (χ1n) is 12.8. The minimum absolute atomic E-state index is 0.157. The molecule has 3 heterocycles. The monoisotopic (exact) mass is 491 g/mol. The molecule has 1 unspecified atom stereocenters. The highest BCUT2D eigenvalue weighted by Gasteiger charge is 2.30. The quantitative estimate of drug-likeness (QED) is 0.398. The van der Waals surface area contributed by atoms with Crippen LogP contribution in [0.1, 0.15) is 53.7 Å². The number of fused-ring (bicyclic) bond motifs is 2. The van der Waals surface area contributed by atoms with Crippen LogP contribution in [0, 0.1) is 5.92 Å². The summed E-state index contributed by atoms with van der Waals surface area (Å²) >= 11 is 0. The third kappa shape index (κ3) is 5.67. The third-order valence-electron chi connectivity index (χ3n) is 7.20. The summed E-state index contributed by atoms with van der Waals surface area (Å²) in [5.41, 5.74) is 3.53. The first kappa shape index (κ1) is 24.2. The molecule has 0 saturated heterocycles. The van der Waals surface area contributed by atoms with Crippen molar-refractivity contribution in [3.05, 3.63) is 53.3 Å². The molecule has 1 aliphatic heterocycles. The van der Waals surface area contributed by atoms with Crippen LogP contribution in [-0.4, -0.2) is 57.0 Å². The average Bonchev–Trinajstić information content (AvgIpc) is 3.22. The molecule has 5 rings (SSSR count). The van der Waals surface area contributed by atoms with Gasteiger partial charge in [-0.2, -0.15) is 5.10 Å². The lowest BCUT2D eigenvalue weighted by atomic mass is 9.79. The summed E-state index contributed by atoms with van der Waals surface area (Å²) in [5, 5.41) is 20.8. The van der Waals surface area contributed by atoms with E-state index in [0.29, 0.717) is 23.6 Å². The topological polar surface area (TPSA) is 118 Å². The number of benzene rings is 1. The number of amides is 1. The van der Waals surface area contributed by atoms with Crippen LogP contribution < -0.4 is 10.6 Å². The molecular formula is C27H33N5O4. The van der Waals surface area contributed by atoms with Gasteiger partial charge in [0.25, 0.3) is 5.91 Å². The number of anilines is 1. The van der Waals surface area contributed by atoms with E-state index in [-0.39, 0.29) is 12.5 Å². The lowest BCUT2D eigenvalue weighted by Gasteiger charge is -2.35. The number of nitrogens with zero attached hydrogens (tertiary/aromatic N) is 3. The van der Waals surface area contributed by atoms with E-state index in [1.165, 1.54) is 12.0 Å². The predicted octanol–water partition coefficient (Wildman–Crippen LogP) is 3.33. The second-order valence-electron chi connectivity index (χ2n) is 9.94. The summed E-state index contributed by atoms with van der Waals surface area (Å²) in [6, 6.07) is 8.50. The van der Waals surface area contributed by atoms with Gasteiger partial charge < -0.3 is 20.5 Å². The number of carboxylic acid groups (broad SMARTS) is 1. The lowest BCUT2D eigenvalue weighted by molar-refractivity contribution is -0.140. The van der Waals surface area contributed by atoms with E-state index in [4.69, 9.17) is 9.72 Å². The molecule has 1 amide bonds. The van der Waals surface area contributed by atoms with Gasteiger partial charge in [-0.05, 0) is 68.2 Å². The van der Waals surface area contributed by atoms with Crippen LogP contribution in [0.3, 0.4) is 0 Å². The largest absolute Gasteiger partial charge is 0.480 e. The van der Waals surface area contributed by atoms with Crippen LogP contribution in [0.4, 0.5) is 5.82 Å². The highest BCUT2D eigenvalue weighted by atomic mass is 16.5. The maximum Gasteiger partial charge on any atom is 0.326 e. The third-order valence-corrected chi connectivity index (χ3v) is 7.20. The molecule has 0 bridgehead atoms. The van der Waals surface area contributed by atoms with E-state index in [1.54, 1.807) is 16.8 Å². The zero-order valence-electron chi connectivity index (χ0n) is 20.6. The number of aliphatic carboxylic acids is 1. The van der Waals surface area contributed by atoms with Crippen molar-refractivity contribution in [1.82, 2.24) is 20.1 Å². The van der Waals surface area contributed by atoms with E-state index >= 15 is 0 Å². The fraction of sp³-hybridized carbons (Fsp3) is 0.481. The summed E-state index contributed by atoms with van der Waals surface area (Å²) in [5.74, 6) is 0.164. The summed E-state index contributed by atoms with van der Waals surface area (Å²) in [4.78, 5) is 29.1. The normalized spacial score (nSPS) is 19.7. The van der Waals surface area contributed by atoms with Crippen LogP contribution in [0.2, 0.25) is 0 Å². The fourth-order valence-corrected chi connectivity index (χ4v) is 5.04. The van der Waals surface area contributed by atoms with Gasteiger partial charge in [-0.25, -0.2) is 9.78 Å². The van der Waals surface area contributed by atoms with Crippen molar-refractivity contribution in [2.75, 3.05) is 18.5 Å². The first-order chi connectivity index (χ1) is 17.4. The van der Waals surface area contributed by atoms with E-state index in [0.717, 1.165) is 55.5 Å². The molecule has 36 heavy (non-hydrogen) atoms. The molecule has 2 aromatic heterocycles. The van der Waals surface area contributed by atoms with Crippen LogP contribution in [-0.2, 0) is 29.4 Å². The molecule has 0 spiro atoms. The van der Waals surface area contributed by atoms with Crippen LogP contribution in [0.15, 0.2) is 36.5 Å². The zero-order valence-corrected chi connectivity index (χ0v) is 20.6. The van der Waals surface area contributed by atoms with E-state index in [1.807, 2.05) is 19.3 Å². The Kier molecular flexibility index (Phi) is 7.18. The number of aromatic nitrogens is 3. The van der Waals surface area contributed by atoms with Crippen molar-refractivity contribution in [3.8, 4) is 0 Å². The van der Waals surface area contributed by atoms with Gasteiger partial charge in [0.15, 0.2) is 0 Å². The lowest BCUT2D eigenvalue weighted by Crippen LogP contribution is -2.42. The number of hydrogen-bond donors (Lipinski definition) is 3. The van der Waals surface area contributed by atoms with E-state index in [9.17, 15) is 14.7 Å². The Morgan fingerprint density at radius 3 is 2.97 bits per heavy atom. The maximum atomic E-state index is 12.6. The van der Waals surface area contributed by atoms with Crippen LogP contribution >= 0.6 is 0 Å². The van der Waals surface area contributed by atoms with Gasteiger partial charge >= 0.3 is 5.97 Å².